The van der Waals surface area contributed by atoms with E-state index in [1.807, 2.05) is 19.1 Å². The van der Waals surface area contributed by atoms with Gasteiger partial charge in [-0.15, -0.1) is 0 Å². The van der Waals surface area contributed by atoms with E-state index in [1.54, 1.807) is 12.2 Å². The van der Waals surface area contributed by atoms with E-state index in [-0.39, 0.29) is 12.1 Å². The van der Waals surface area contributed by atoms with E-state index in [4.69, 9.17) is 25.7 Å². The summed E-state index contributed by atoms with van der Waals surface area (Å²) in [7, 11) is 0. The summed E-state index contributed by atoms with van der Waals surface area (Å²) in [6, 6.07) is 4.17. The summed E-state index contributed by atoms with van der Waals surface area (Å²) in [5.41, 5.74) is 13.2. The molecule has 7 nitrogen and oxygen atoms in total. The van der Waals surface area contributed by atoms with Crippen LogP contribution in [0.4, 0.5) is 0 Å². The summed E-state index contributed by atoms with van der Waals surface area (Å²) in [5, 5.41) is 0. The first-order valence-electron chi connectivity index (χ1n) is 9.09. The predicted molar refractivity (Wildman–Crippen MR) is 99.5 cm³/mol. The molecule has 1 fully saturated rings. The van der Waals surface area contributed by atoms with Crippen molar-refractivity contribution in [3.63, 3.8) is 0 Å². The summed E-state index contributed by atoms with van der Waals surface area (Å²) in [5.74, 6) is 1.73. The molecule has 4 N–H and O–H groups in total. The van der Waals surface area contributed by atoms with Crippen molar-refractivity contribution >= 4 is 0 Å². The third-order valence-electron chi connectivity index (χ3n) is 4.69. The Hall–Kier alpha value is -2.41. The fourth-order valence-corrected chi connectivity index (χ4v) is 3.19. The first-order valence-corrected chi connectivity index (χ1v) is 9.09. The molecule has 0 spiro atoms. The number of likely N-dealkylation sites (tertiary alicyclic amines) is 1. The van der Waals surface area contributed by atoms with Crippen LogP contribution in [0.15, 0.2) is 35.9 Å². The molecule has 0 aliphatic carbocycles. The third kappa shape index (κ3) is 4.60. The van der Waals surface area contributed by atoms with E-state index in [0.717, 1.165) is 37.4 Å². The zero-order chi connectivity index (χ0) is 18.5. The SMILES string of the molecule is C/C(N)=C/C=C(\N)OC1CCN(C(C)c2ccc3c(n2)OCCO3)CC1. The Balaban J connectivity index is 1.54. The highest BCUT2D eigenvalue weighted by Gasteiger charge is 2.26. The van der Waals surface area contributed by atoms with Crippen molar-refractivity contribution in [2.75, 3.05) is 26.3 Å². The predicted octanol–water partition coefficient (Wildman–Crippen LogP) is 2.06. The second-order valence-electron chi connectivity index (χ2n) is 6.75. The second kappa shape index (κ2) is 8.31. The topological polar surface area (TPSA) is 95.9 Å². The van der Waals surface area contributed by atoms with Crippen LogP contribution in [0.25, 0.3) is 0 Å². The zero-order valence-electron chi connectivity index (χ0n) is 15.5. The van der Waals surface area contributed by atoms with Crippen molar-refractivity contribution in [3.8, 4) is 11.6 Å². The monoisotopic (exact) mass is 360 g/mol. The lowest BCUT2D eigenvalue weighted by Gasteiger charge is -2.36. The maximum atomic E-state index is 5.89. The zero-order valence-corrected chi connectivity index (χ0v) is 15.5. The summed E-state index contributed by atoms with van der Waals surface area (Å²) >= 11 is 0. The van der Waals surface area contributed by atoms with E-state index < -0.39 is 0 Å². The van der Waals surface area contributed by atoms with Crippen LogP contribution in [-0.2, 0) is 4.74 Å². The molecule has 0 saturated carbocycles. The number of nitrogens with zero attached hydrogens (tertiary/aromatic N) is 2. The lowest BCUT2D eigenvalue weighted by molar-refractivity contribution is 0.0357. The van der Waals surface area contributed by atoms with Gasteiger partial charge in [0.1, 0.15) is 19.3 Å². The number of nitrogens with two attached hydrogens (primary N) is 2. The van der Waals surface area contributed by atoms with Crippen LogP contribution >= 0.6 is 0 Å². The van der Waals surface area contributed by atoms with E-state index >= 15 is 0 Å². The van der Waals surface area contributed by atoms with E-state index in [0.29, 0.717) is 30.7 Å². The van der Waals surface area contributed by atoms with E-state index in [2.05, 4.69) is 16.8 Å². The summed E-state index contributed by atoms with van der Waals surface area (Å²) in [4.78, 5) is 7.03. The minimum absolute atomic E-state index is 0.134. The van der Waals surface area contributed by atoms with Crippen molar-refractivity contribution in [1.29, 1.82) is 0 Å². The van der Waals surface area contributed by atoms with Crippen LogP contribution in [-0.4, -0.2) is 42.3 Å². The van der Waals surface area contributed by atoms with Gasteiger partial charge >= 0.3 is 0 Å². The van der Waals surface area contributed by atoms with Gasteiger partial charge in [-0.25, -0.2) is 4.98 Å². The number of hydrogen-bond donors (Lipinski definition) is 2. The second-order valence-corrected chi connectivity index (χ2v) is 6.75. The molecule has 3 heterocycles. The van der Waals surface area contributed by atoms with E-state index in [1.165, 1.54) is 0 Å². The highest BCUT2D eigenvalue weighted by Crippen LogP contribution is 2.31. The number of pyridine rings is 1. The molecule has 0 aromatic carbocycles. The fraction of sp³-hybridized carbons (Fsp3) is 0.526. The summed E-state index contributed by atoms with van der Waals surface area (Å²) < 4.78 is 16.9. The van der Waals surface area contributed by atoms with Crippen LogP contribution < -0.4 is 20.9 Å². The van der Waals surface area contributed by atoms with Gasteiger partial charge in [0.25, 0.3) is 5.88 Å². The molecule has 1 atom stereocenters. The fourth-order valence-electron chi connectivity index (χ4n) is 3.19. The Morgan fingerprint density at radius 3 is 2.69 bits per heavy atom. The number of ether oxygens (including phenoxy) is 3. The molecule has 0 radical (unpaired) electrons. The number of piperidine rings is 1. The molecule has 3 rings (SSSR count). The first-order chi connectivity index (χ1) is 12.5. The molecule has 1 aromatic heterocycles. The van der Waals surface area contributed by atoms with Gasteiger partial charge in [-0.1, -0.05) is 0 Å². The minimum Gasteiger partial charge on any atom is -0.484 e. The molecule has 1 saturated heterocycles. The average Bonchev–Trinajstić information content (AvgIpc) is 2.66. The van der Waals surface area contributed by atoms with E-state index in [9.17, 15) is 0 Å². The van der Waals surface area contributed by atoms with Gasteiger partial charge in [-0.2, -0.15) is 0 Å². The number of fused-ring (bicyclic) bond motifs is 1. The third-order valence-corrected chi connectivity index (χ3v) is 4.69. The van der Waals surface area contributed by atoms with Gasteiger partial charge < -0.3 is 25.7 Å². The van der Waals surface area contributed by atoms with Crippen LogP contribution in [0.2, 0.25) is 0 Å². The van der Waals surface area contributed by atoms with Gasteiger partial charge in [0.05, 0.1) is 5.69 Å². The smallest absolute Gasteiger partial charge is 0.257 e. The van der Waals surface area contributed by atoms with Crippen LogP contribution in [0, 0.1) is 0 Å². The molecule has 1 unspecified atom stereocenters. The van der Waals surface area contributed by atoms with Crippen molar-refractivity contribution in [2.24, 2.45) is 11.5 Å². The Labute approximate surface area is 154 Å². The standard InChI is InChI=1S/C19H28N4O3/c1-13(20)3-6-18(21)26-15-7-9-23(10-8-15)14(2)16-4-5-17-19(22-16)25-12-11-24-17/h3-6,14-15H,7-12,20-21H2,1-2H3/b13-3-,18-6+. The molecule has 1 aromatic rings. The lowest BCUT2D eigenvalue weighted by Crippen LogP contribution is -2.39. The van der Waals surface area contributed by atoms with Gasteiger partial charge in [0.2, 0.25) is 0 Å². The molecular weight excluding hydrogens is 332 g/mol. The molecule has 0 bridgehead atoms. The van der Waals surface area contributed by atoms with Crippen molar-refractivity contribution in [1.82, 2.24) is 9.88 Å². The highest BCUT2D eigenvalue weighted by atomic mass is 16.6. The molecule has 2 aliphatic heterocycles. The van der Waals surface area contributed by atoms with Gasteiger partial charge in [-0.3, -0.25) is 4.90 Å². The minimum atomic E-state index is 0.134. The Morgan fingerprint density at radius 1 is 1.23 bits per heavy atom. The van der Waals surface area contributed by atoms with Crippen molar-refractivity contribution in [3.05, 3.63) is 41.6 Å². The number of hydrogen-bond acceptors (Lipinski definition) is 7. The first kappa shape index (κ1) is 18.4. The molecule has 2 aliphatic rings. The van der Waals surface area contributed by atoms with Gasteiger partial charge in [-0.05, 0) is 51.0 Å². The molecular formula is C19H28N4O3. The highest BCUT2D eigenvalue weighted by molar-refractivity contribution is 5.36. The van der Waals surface area contributed by atoms with Crippen LogP contribution in [0.3, 0.4) is 0 Å². The number of allylic oxidation sites excluding steroid dienone is 3. The van der Waals surface area contributed by atoms with Crippen LogP contribution in [0.5, 0.6) is 11.6 Å². The largest absolute Gasteiger partial charge is 0.484 e. The maximum absolute atomic E-state index is 5.89. The normalized spacial score (nSPS) is 20.7. The summed E-state index contributed by atoms with van der Waals surface area (Å²) in [6.45, 7) is 6.98. The van der Waals surface area contributed by atoms with Crippen molar-refractivity contribution in [2.45, 2.75) is 38.8 Å². The number of rotatable bonds is 5. The molecule has 142 valence electrons. The van der Waals surface area contributed by atoms with Gasteiger partial charge in [0, 0.05) is 24.8 Å². The maximum Gasteiger partial charge on any atom is 0.257 e. The Kier molecular flexibility index (Phi) is 5.88. The number of aromatic nitrogens is 1. The lowest BCUT2D eigenvalue weighted by atomic mass is 10.0. The average molecular weight is 360 g/mol. The Bertz CT molecular complexity index is 677. The van der Waals surface area contributed by atoms with Crippen molar-refractivity contribution < 1.29 is 14.2 Å². The quantitative estimate of drug-likeness (QED) is 0.613. The van der Waals surface area contributed by atoms with Gasteiger partial charge in [0.15, 0.2) is 11.6 Å². The molecule has 7 heteroatoms. The molecule has 0 amide bonds. The summed E-state index contributed by atoms with van der Waals surface area (Å²) in [6.07, 6.45) is 5.45. The molecule has 26 heavy (non-hydrogen) atoms. The Morgan fingerprint density at radius 2 is 1.96 bits per heavy atom. The van der Waals surface area contributed by atoms with Crippen LogP contribution in [0.1, 0.15) is 38.4 Å².